The van der Waals surface area contributed by atoms with Gasteiger partial charge in [0.15, 0.2) is 0 Å². The molecule has 0 saturated carbocycles. The minimum absolute atomic E-state index is 0.0580. The van der Waals surface area contributed by atoms with Gasteiger partial charge in [-0.3, -0.25) is 4.94 Å². The molecule has 3 nitrogen and oxygen atoms in total. The van der Waals surface area contributed by atoms with Crippen LogP contribution in [0.1, 0.15) is 53.0 Å². The van der Waals surface area contributed by atoms with E-state index in [2.05, 4.69) is 16.8 Å². The smallest absolute Gasteiger partial charge is 0.146 e. The summed E-state index contributed by atoms with van der Waals surface area (Å²) in [6.07, 6.45) is 8.27. The van der Waals surface area contributed by atoms with Crippen LogP contribution in [0.5, 0.6) is 0 Å². The summed E-state index contributed by atoms with van der Waals surface area (Å²) in [5.41, 5.74) is 1.29. The third-order valence-electron chi connectivity index (χ3n) is 5.88. The van der Waals surface area contributed by atoms with E-state index in [1.165, 1.54) is 13.0 Å². The lowest BCUT2D eigenvalue weighted by Gasteiger charge is -2.37. The van der Waals surface area contributed by atoms with Crippen LogP contribution in [0.2, 0.25) is 0 Å². The molecule has 6 heteroatoms. The van der Waals surface area contributed by atoms with E-state index in [0.29, 0.717) is 29.8 Å². The molecule has 0 bridgehead atoms. The zero-order valence-electron chi connectivity index (χ0n) is 17.9. The summed E-state index contributed by atoms with van der Waals surface area (Å²) in [5, 5.41) is 0. The van der Waals surface area contributed by atoms with Crippen molar-refractivity contribution in [1.29, 1.82) is 0 Å². The van der Waals surface area contributed by atoms with Gasteiger partial charge in [-0.1, -0.05) is 32.4 Å². The van der Waals surface area contributed by atoms with Crippen LogP contribution in [0.3, 0.4) is 0 Å². The van der Waals surface area contributed by atoms with Crippen molar-refractivity contribution in [3.63, 3.8) is 0 Å². The zero-order valence-corrected chi connectivity index (χ0v) is 17.9. The van der Waals surface area contributed by atoms with E-state index in [9.17, 15) is 13.3 Å². The van der Waals surface area contributed by atoms with Crippen LogP contribution in [0.4, 0.5) is 13.3 Å². The van der Waals surface area contributed by atoms with E-state index in [1.807, 2.05) is 26.8 Å². The maximum absolute atomic E-state index is 14.9. The van der Waals surface area contributed by atoms with Crippen LogP contribution in [-0.2, 0) is 17.4 Å². The summed E-state index contributed by atoms with van der Waals surface area (Å²) >= 11 is 0. The van der Waals surface area contributed by atoms with Crippen LogP contribution in [0.15, 0.2) is 48.0 Å². The van der Waals surface area contributed by atoms with Crippen LogP contribution in [0.25, 0.3) is 11.4 Å². The summed E-state index contributed by atoms with van der Waals surface area (Å²) in [7, 11) is 1.79. The fourth-order valence-electron chi connectivity index (χ4n) is 3.69. The molecule has 0 amide bonds. The van der Waals surface area contributed by atoms with Crippen molar-refractivity contribution in [2.45, 2.75) is 52.9 Å². The Bertz CT molecular complexity index is 917. The molecule has 0 aliphatic rings. The number of hydrogen-bond donors (Lipinski definition) is 0. The minimum atomic E-state index is -0.619. The fourth-order valence-corrected chi connectivity index (χ4v) is 3.69. The second-order valence-electron chi connectivity index (χ2n) is 7.86. The van der Waals surface area contributed by atoms with E-state index in [4.69, 9.17) is 0 Å². The molecule has 0 spiro atoms. The maximum atomic E-state index is 14.9. The molecular formula is C23H29F3N2O. The Morgan fingerprint density at radius 1 is 1.31 bits per heavy atom. The standard InChI is InChI=1S/C23H29F3N2O/c1-7-23(5,16(3)9-8-15(2)12-17(4)29-26)19-13-18(24)14-20(25)21(19)22-27-10-11-28(22)6/h8,10-14,16H,7,9H2,1-6H3/b15-8-,17-12-/t16-,23?/m0/s1. The topological polar surface area (TPSA) is 27.1 Å². The summed E-state index contributed by atoms with van der Waals surface area (Å²) in [6, 6.07) is 2.33. The number of aryl methyl sites for hydroxylation is 1. The van der Waals surface area contributed by atoms with Crippen molar-refractivity contribution in [2.75, 3.05) is 0 Å². The Hall–Kier alpha value is -2.50. The number of nitrogens with zero attached hydrogens (tertiary/aromatic N) is 2. The Morgan fingerprint density at radius 3 is 2.55 bits per heavy atom. The van der Waals surface area contributed by atoms with Gasteiger partial charge in [-0.05, 0) is 55.7 Å². The van der Waals surface area contributed by atoms with Gasteiger partial charge in [0.2, 0.25) is 0 Å². The number of rotatable bonds is 8. The number of halogens is 3. The van der Waals surface area contributed by atoms with Crippen molar-refractivity contribution in [2.24, 2.45) is 13.0 Å². The van der Waals surface area contributed by atoms with Crippen LogP contribution < -0.4 is 0 Å². The molecule has 0 aliphatic heterocycles. The highest BCUT2D eigenvalue weighted by Gasteiger charge is 2.35. The van der Waals surface area contributed by atoms with Crippen LogP contribution in [0, 0.1) is 17.6 Å². The number of benzene rings is 1. The summed E-state index contributed by atoms with van der Waals surface area (Å²) in [5.74, 6) is -0.523. The van der Waals surface area contributed by atoms with Gasteiger partial charge < -0.3 is 4.57 Å². The monoisotopic (exact) mass is 406 g/mol. The average molecular weight is 406 g/mol. The number of allylic oxidation sites excluding steroid dienone is 4. The van der Waals surface area contributed by atoms with Crippen LogP contribution >= 0.6 is 0 Å². The molecule has 0 radical (unpaired) electrons. The highest BCUT2D eigenvalue weighted by Crippen LogP contribution is 2.43. The highest BCUT2D eigenvalue weighted by atomic mass is 19.3. The molecule has 1 heterocycles. The molecular weight excluding hydrogens is 377 g/mol. The maximum Gasteiger partial charge on any atom is 0.146 e. The summed E-state index contributed by atoms with van der Waals surface area (Å²) < 4.78 is 43.1. The van der Waals surface area contributed by atoms with Crippen molar-refractivity contribution in [3.8, 4) is 11.4 Å². The van der Waals surface area contributed by atoms with Gasteiger partial charge >= 0.3 is 0 Å². The quantitative estimate of drug-likeness (QED) is 0.356. The molecule has 0 N–H and O–H groups in total. The zero-order chi connectivity index (χ0) is 21.8. The van der Waals surface area contributed by atoms with Gasteiger partial charge in [-0.2, -0.15) is 0 Å². The number of imidazole rings is 1. The normalized spacial score (nSPS) is 15.9. The first kappa shape index (κ1) is 22.8. The molecule has 2 rings (SSSR count). The van der Waals surface area contributed by atoms with E-state index in [-0.39, 0.29) is 11.7 Å². The first-order valence-corrected chi connectivity index (χ1v) is 9.74. The van der Waals surface area contributed by atoms with E-state index in [0.717, 1.165) is 11.6 Å². The first-order chi connectivity index (χ1) is 13.6. The molecule has 1 unspecified atom stereocenters. The second kappa shape index (κ2) is 9.33. The van der Waals surface area contributed by atoms with E-state index < -0.39 is 17.0 Å². The minimum Gasteiger partial charge on any atom is -0.334 e. The molecule has 2 atom stereocenters. The predicted octanol–water partition coefficient (Wildman–Crippen LogP) is 6.81. The Morgan fingerprint density at radius 2 is 2.00 bits per heavy atom. The van der Waals surface area contributed by atoms with Crippen molar-refractivity contribution in [1.82, 2.24) is 9.55 Å². The number of hydrogen-bond acceptors (Lipinski definition) is 2. The van der Waals surface area contributed by atoms with Gasteiger partial charge in [0.1, 0.15) is 23.2 Å². The lowest BCUT2D eigenvalue weighted by molar-refractivity contribution is -0.0820. The SMILES string of the molecule is CCC(C)(c1cc(F)cc(F)c1-c1nccn1C)[C@@H](C)C/C=C(C)\C=C(\C)OF. The fraction of sp³-hybridized carbons (Fsp3) is 0.435. The molecule has 158 valence electrons. The van der Waals surface area contributed by atoms with Gasteiger partial charge in [-0.25, -0.2) is 13.8 Å². The molecule has 1 aromatic heterocycles. The Kier molecular flexibility index (Phi) is 7.33. The molecule has 0 saturated heterocycles. The molecule has 29 heavy (non-hydrogen) atoms. The molecule has 1 aromatic carbocycles. The summed E-state index contributed by atoms with van der Waals surface area (Å²) in [6.45, 7) is 9.48. The van der Waals surface area contributed by atoms with Crippen molar-refractivity contribution >= 4 is 0 Å². The van der Waals surface area contributed by atoms with Gasteiger partial charge in [0, 0.05) is 30.0 Å². The third-order valence-corrected chi connectivity index (χ3v) is 5.88. The highest BCUT2D eigenvalue weighted by molar-refractivity contribution is 5.64. The molecule has 2 aromatic rings. The van der Waals surface area contributed by atoms with E-state index in [1.54, 1.807) is 30.1 Å². The summed E-state index contributed by atoms with van der Waals surface area (Å²) in [4.78, 5) is 8.00. The van der Waals surface area contributed by atoms with Crippen LogP contribution in [-0.4, -0.2) is 9.55 Å². The van der Waals surface area contributed by atoms with Gasteiger partial charge in [0.05, 0.1) is 5.56 Å². The van der Waals surface area contributed by atoms with Gasteiger partial charge in [0.25, 0.3) is 0 Å². The lowest BCUT2D eigenvalue weighted by atomic mass is 9.67. The Labute approximate surface area is 170 Å². The first-order valence-electron chi connectivity index (χ1n) is 9.74. The number of aromatic nitrogens is 2. The van der Waals surface area contributed by atoms with E-state index >= 15 is 0 Å². The largest absolute Gasteiger partial charge is 0.334 e. The Balaban J connectivity index is 2.52. The third kappa shape index (κ3) is 4.92. The second-order valence-corrected chi connectivity index (χ2v) is 7.86. The molecule has 0 fully saturated rings. The van der Waals surface area contributed by atoms with Gasteiger partial charge in [-0.15, -0.1) is 0 Å². The molecule has 0 aliphatic carbocycles. The predicted molar refractivity (Wildman–Crippen MR) is 110 cm³/mol. The van der Waals surface area contributed by atoms with Crippen molar-refractivity contribution in [3.05, 3.63) is 65.2 Å². The van der Waals surface area contributed by atoms with Crippen molar-refractivity contribution < 1.29 is 18.2 Å². The average Bonchev–Trinajstić information content (AvgIpc) is 3.10. The lowest BCUT2D eigenvalue weighted by Crippen LogP contribution is -2.31.